The van der Waals surface area contributed by atoms with Crippen LogP contribution < -0.4 is 10.6 Å². The van der Waals surface area contributed by atoms with E-state index >= 15 is 0 Å². The summed E-state index contributed by atoms with van der Waals surface area (Å²) in [6, 6.07) is 3.16. The molecule has 2 N–H and O–H groups in total. The fourth-order valence-corrected chi connectivity index (χ4v) is 2.76. The van der Waals surface area contributed by atoms with Crippen molar-refractivity contribution in [1.29, 1.82) is 0 Å². The third-order valence-corrected chi connectivity index (χ3v) is 3.85. The first-order valence-corrected chi connectivity index (χ1v) is 7.36. The maximum absolute atomic E-state index is 12.2. The molecule has 0 saturated heterocycles. The molecule has 0 aromatic carbocycles. The van der Waals surface area contributed by atoms with Crippen molar-refractivity contribution in [2.45, 2.75) is 43.9 Å². The van der Waals surface area contributed by atoms with Crippen LogP contribution in [-0.4, -0.2) is 39.0 Å². The van der Waals surface area contributed by atoms with Gasteiger partial charge in [-0.25, -0.2) is 4.79 Å². The molecule has 21 heavy (non-hydrogen) atoms. The molecule has 118 valence electrons. The third kappa shape index (κ3) is 4.47. The minimum Gasteiger partial charge on any atom is -0.467 e. The Kier molecular flexibility index (Phi) is 6.07. The molecule has 1 aliphatic rings. The summed E-state index contributed by atoms with van der Waals surface area (Å²) in [6.07, 6.45) is 5.87. The zero-order chi connectivity index (χ0) is 15.1. The number of furan rings is 1. The average Bonchev–Trinajstić information content (AvgIpc) is 3.01. The predicted octanol–water partition coefficient (Wildman–Crippen LogP) is 2.22. The van der Waals surface area contributed by atoms with Crippen molar-refractivity contribution in [2.75, 3.05) is 20.8 Å². The van der Waals surface area contributed by atoms with E-state index in [1.165, 1.54) is 0 Å². The van der Waals surface area contributed by atoms with Gasteiger partial charge in [-0.15, -0.1) is 0 Å². The number of hydrogen-bond acceptors (Lipinski definition) is 4. The molecule has 3 atom stereocenters. The van der Waals surface area contributed by atoms with Crippen molar-refractivity contribution in [3.8, 4) is 0 Å². The SMILES string of the molecule is COC[C@@H](NC(=O)N[C@H]1CCCC[C@@H]1OC)c1ccco1. The Bertz CT molecular complexity index is 421. The van der Waals surface area contributed by atoms with Crippen LogP contribution in [0.1, 0.15) is 37.5 Å². The molecule has 1 heterocycles. The maximum Gasteiger partial charge on any atom is 0.315 e. The number of hydrogen-bond donors (Lipinski definition) is 2. The van der Waals surface area contributed by atoms with Crippen LogP contribution in [0.4, 0.5) is 4.79 Å². The van der Waals surface area contributed by atoms with E-state index in [-0.39, 0.29) is 24.2 Å². The number of carbonyl (C=O) groups is 1. The molecule has 6 nitrogen and oxygen atoms in total. The molecule has 2 amide bonds. The molecule has 0 unspecified atom stereocenters. The summed E-state index contributed by atoms with van der Waals surface area (Å²) in [7, 11) is 3.29. The molecule has 0 aliphatic heterocycles. The molecule has 1 aliphatic carbocycles. The van der Waals surface area contributed by atoms with Gasteiger partial charge in [0.15, 0.2) is 0 Å². The minimum atomic E-state index is -0.297. The second-order valence-electron chi connectivity index (χ2n) is 5.31. The van der Waals surface area contributed by atoms with Crippen molar-refractivity contribution < 1.29 is 18.7 Å². The van der Waals surface area contributed by atoms with Crippen LogP contribution in [0.2, 0.25) is 0 Å². The Morgan fingerprint density at radius 1 is 1.43 bits per heavy atom. The van der Waals surface area contributed by atoms with E-state index in [0.29, 0.717) is 12.4 Å². The van der Waals surface area contributed by atoms with Crippen LogP contribution in [-0.2, 0) is 9.47 Å². The summed E-state index contributed by atoms with van der Waals surface area (Å²) in [6.45, 7) is 0.360. The van der Waals surface area contributed by atoms with Gasteiger partial charge in [0.25, 0.3) is 0 Å². The summed E-state index contributed by atoms with van der Waals surface area (Å²) in [5.74, 6) is 0.680. The zero-order valence-electron chi connectivity index (χ0n) is 12.6. The quantitative estimate of drug-likeness (QED) is 0.844. The lowest BCUT2D eigenvalue weighted by Crippen LogP contribution is -2.50. The lowest BCUT2D eigenvalue weighted by molar-refractivity contribution is 0.0447. The van der Waals surface area contributed by atoms with E-state index in [9.17, 15) is 4.79 Å². The van der Waals surface area contributed by atoms with Gasteiger partial charge in [-0.1, -0.05) is 12.8 Å². The molecular formula is C15H24N2O4. The molecule has 0 radical (unpaired) electrons. The smallest absolute Gasteiger partial charge is 0.315 e. The predicted molar refractivity (Wildman–Crippen MR) is 78.0 cm³/mol. The van der Waals surface area contributed by atoms with E-state index in [1.807, 2.05) is 6.07 Å². The van der Waals surface area contributed by atoms with E-state index in [2.05, 4.69) is 10.6 Å². The Morgan fingerprint density at radius 3 is 2.90 bits per heavy atom. The van der Waals surface area contributed by atoms with Crippen LogP contribution in [0, 0.1) is 0 Å². The van der Waals surface area contributed by atoms with Crippen LogP contribution in [0.15, 0.2) is 22.8 Å². The van der Waals surface area contributed by atoms with Gasteiger partial charge in [0, 0.05) is 14.2 Å². The topological polar surface area (TPSA) is 72.7 Å². The van der Waals surface area contributed by atoms with E-state index in [0.717, 1.165) is 25.7 Å². The molecule has 6 heteroatoms. The van der Waals surface area contributed by atoms with E-state index in [1.54, 1.807) is 26.5 Å². The Morgan fingerprint density at radius 2 is 2.24 bits per heavy atom. The zero-order valence-corrected chi connectivity index (χ0v) is 12.6. The first-order chi connectivity index (χ1) is 10.2. The number of ether oxygens (including phenoxy) is 2. The maximum atomic E-state index is 12.2. The van der Waals surface area contributed by atoms with Gasteiger partial charge in [0.2, 0.25) is 0 Å². The highest BCUT2D eigenvalue weighted by molar-refractivity contribution is 5.74. The molecule has 0 bridgehead atoms. The number of nitrogens with one attached hydrogen (secondary N) is 2. The number of carbonyl (C=O) groups excluding carboxylic acids is 1. The molecule has 1 saturated carbocycles. The van der Waals surface area contributed by atoms with Crippen LogP contribution >= 0.6 is 0 Å². The number of rotatable bonds is 6. The third-order valence-electron chi connectivity index (χ3n) is 3.85. The summed E-state index contributed by atoms with van der Waals surface area (Å²) >= 11 is 0. The van der Waals surface area contributed by atoms with Crippen LogP contribution in [0.25, 0.3) is 0 Å². The number of urea groups is 1. The Balaban J connectivity index is 1.89. The summed E-state index contributed by atoms with van der Waals surface area (Å²) in [5.41, 5.74) is 0. The number of methoxy groups -OCH3 is 2. The Hall–Kier alpha value is -1.53. The lowest BCUT2D eigenvalue weighted by Gasteiger charge is -2.31. The second-order valence-corrected chi connectivity index (χ2v) is 5.31. The molecule has 1 aromatic rings. The average molecular weight is 296 g/mol. The van der Waals surface area contributed by atoms with Crippen LogP contribution in [0.5, 0.6) is 0 Å². The summed E-state index contributed by atoms with van der Waals surface area (Å²) < 4.78 is 15.9. The Labute approximate surface area is 125 Å². The highest BCUT2D eigenvalue weighted by atomic mass is 16.5. The van der Waals surface area contributed by atoms with E-state index < -0.39 is 0 Å². The van der Waals surface area contributed by atoms with Gasteiger partial charge in [-0.05, 0) is 25.0 Å². The highest BCUT2D eigenvalue weighted by Gasteiger charge is 2.27. The monoisotopic (exact) mass is 296 g/mol. The standard InChI is InChI=1S/C15H24N2O4/c1-19-10-12(14-8-5-9-21-14)17-15(18)16-11-6-3-4-7-13(11)20-2/h5,8-9,11-13H,3-4,6-7,10H2,1-2H3,(H2,16,17,18)/t11-,12+,13-/m0/s1. The van der Waals surface area contributed by atoms with E-state index in [4.69, 9.17) is 13.9 Å². The van der Waals surface area contributed by atoms with Crippen molar-refractivity contribution in [1.82, 2.24) is 10.6 Å². The summed E-state index contributed by atoms with van der Waals surface area (Å²) in [5, 5.41) is 5.89. The van der Waals surface area contributed by atoms with Gasteiger partial charge in [-0.3, -0.25) is 0 Å². The van der Waals surface area contributed by atoms with Gasteiger partial charge < -0.3 is 24.5 Å². The normalized spacial score (nSPS) is 23.5. The highest BCUT2D eigenvalue weighted by Crippen LogP contribution is 2.21. The van der Waals surface area contributed by atoms with Crippen molar-refractivity contribution in [3.05, 3.63) is 24.2 Å². The fourth-order valence-electron chi connectivity index (χ4n) is 2.76. The van der Waals surface area contributed by atoms with Gasteiger partial charge >= 0.3 is 6.03 Å². The fraction of sp³-hybridized carbons (Fsp3) is 0.667. The molecule has 2 rings (SSSR count). The lowest BCUT2D eigenvalue weighted by atomic mass is 9.92. The van der Waals surface area contributed by atoms with Gasteiger partial charge in [0.05, 0.1) is 25.0 Å². The molecule has 1 aromatic heterocycles. The first-order valence-electron chi connectivity index (χ1n) is 7.36. The second kappa shape index (κ2) is 8.05. The van der Waals surface area contributed by atoms with Gasteiger partial charge in [0.1, 0.15) is 11.8 Å². The summed E-state index contributed by atoms with van der Waals surface area (Å²) in [4.78, 5) is 12.2. The molecule has 0 spiro atoms. The molecular weight excluding hydrogens is 272 g/mol. The van der Waals surface area contributed by atoms with Crippen molar-refractivity contribution in [2.24, 2.45) is 0 Å². The largest absolute Gasteiger partial charge is 0.467 e. The first kappa shape index (κ1) is 15.9. The van der Waals surface area contributed by atoms with Gasteiger partial charge in [-0.2, -0.15) is 0 Å². The number of amides is 2. The molecule has 1 fully saturated rings. The van der Waals surface area contributed by atoms with Crippen molar-refractivity contribution >= 4 is 6.03 Å². The van der Waals surface area contributed by atoms with Crippen LogP contribution in [0.3, 0.4) is 0 Å². The minimum absolute atomic E-state index is 0.0588. The van der Waals surface area contributed by atoms with Crippen molar-refractivity contribution in [3.63, 3.8) is 0 Å².